The molecule has 0 aliphatic rings. The van der Waals surface area contributed by atoms with Gasteiger partial charge in [-0.05, 0) is 25.5 Å². The van der Waals surface area contributed by atoms with E-state index in [1.807, 2.05) is 6.92 Å². The van der Waals surface area contributed by atoms with Crippen molar-refractivity contribution in [3.63, 3.8) is 0 Å². The molecule has 0 N–H and O–H groups in total. The number of carbonyl (C=O) groups excluding carboxylic acids is 1. The summed E-state index contributed by atoms with van der Waals surface area (Å²) in [7, 11) is 0. The molecule has 0 radical (unpaired) electrons. The van der Waals surface area contributed by atoms with E-state index in [2.05, 4.69) is 4.98 Å². The van der Waals surface area contributed by atoms with E-state index >= 15 is 0 Å². The summed E-state index contributed by atoms with van der Waals surface area (Å²) in [5, 5.41) is 0.528. The number of hydrogen-bond donors (Lipinski definition) is 0. The molecule has 1 rings (SSSR count). The summed E-state index contributed by atoms with van der Waals surface area (Å²) in [6.45, 7) is 3.24. The van der Waals surface area contributed by atoms with Gasteiger partial charge in [-0.3, -0.25) is 4.79 Å². The van der Waals surface area contributed by atoms with E-state index in [-0.39, 0.29) is 5.91 Å². The van der Waals surface area contributed by atoms with Crippen LogP contribution >= 0.6 is 23.2 Å². The number of aromatic nitrogens is 1. The van der Waals surface area contributed by atoms with Gasteiger partial charge in [0, 0.05) is 25.2 Å². The van der Waals surface area contributed by atoms with E-state index in [4.69, 9.17) is 23.2 Å². The molecular formula is C11H14Cl2N2O. The molecule has 0 spiro atoms. The van der Waals surface area contributed by atoms with Crippen molar-refractivity contribution >= 4 is 29.1 Å². The second kappa shape index (κ2) is 6.71. The summed E-state index contributed by atoms with van der Waals surface area (Å²) in [5.74, 6) is 0.474. The van der Waals surface area contributed by atoms with Crippen LogP contribution in [-0.4, -0.2) is 34.8 Å². The van der Waals surface area contributed by atoms with Gasteiger partial charge < -0.3 is 4.90 Å². The van der Waals surface area contributed by atoms with Gasteiger partial charge in [-0.1, -0.05) is 11.6 Å². The van der Waals surface area contributed by atoms with Gasteiger partial charge in [-0.25, -0.2) is 4.98 Å². The average Bonchev–Trinajstić information content (AvgIpc) is 2.30. The van der Waals surface area contributed by atoms with Crippen LogP contribution in [0.15, 0.2) is 18.3 Å². The van der Waals surface area contributed by atoms with E-state index in [0.717, 1.165) is 6.42 Å². The zero-order valence-electron chi connectivity index (χ0n) is 9.12. The number of halogens is 2. The lowest BCUT2D eigenvalue weighted by molar-refractivity contribution is 0.0759. The molecule has 88 valence electrons. The fourth-order valence-corrected chi connectivity index (χ4v) is 1.55. The Labute approximate surface area is 105 Å². The normalized spacial score (nSPS) is 10.2. The zero-order valence-corrected chi connectivity index (χ0v) is 10.6. The maximum Gasteiger partial charge on any atom is 0.272 e. The minimum Gasteiger partial charge on any atom is -0.338 e. The molecule has 0 saturated heterocycles. The smallest absolute Gasteiger partial charge is 0.272 e. The standard InChI is InChI=1S/C11H14Cl2N2O/c1-2-15(7-3-6-12)11(16)10-5-4-9(13)8-14-10/h4-5,8H,2-3,6-7H2,1H3. The Bertz CT molecular complexity index is 340. The highest BCUT2D eigenvalue weighted by atomic mass is 35.5. The third-order valence-electron chi connectivity index (χ3n) is 2.18. The molecule has 1 aromatic rings. The number of hydrogen-bond acceptors (Lipinski definition) is 2. The molecule has 0 unspecified atom stereocenters. The largest absolute Gasteiger partial charge is 0.338 e. The van der Waals surface area contributed by atoms with E-state index in [1.54, 1.807) is 17.0 Å². The SMILES string of the molecule is CCN(CCCCl)C(=O)c1ccc(Cl)cn1. The summed E-state index contributed by atoms with van der Waals surface area (Å²) in [6, 6.07) is 3.30. The number of pyridine rings is 1. The zero-order chi connectivity index (χ0) is 12.0. The van der Waals surface area contributed by atoms with Gasteiger partial charge >= 0.3 is 0 Å². The van der Waals surface area contributed by atoms with Gasteiger partial charge in [0.2, 0.25) is 0 Å². The summed E-state index contributed by atoms with van der Waals surface area (Å²) in [6.07, 6.45) is 2.26. The van der Waals surface area contributed by atoms with Crippen molar-refractivity contribution in [3.05, 3.63) is 29.0 Å². The Kier molecular flexibility index (Phi) is 5.56. The molecule has 0 aromatic carbocycles. The monoisotopic (exact) mass is 260 g/mol. The minimum atomic E-state index is -0.0794. The minimum absolute atomic E-state index is 0.0794. The van der Waals surface area contributed by atoms with Crippen LogP contribution in [0.2, 0.25) is 5.02 Å². The fourth-order valence-electron chi connectivity index (χ4n) is 1.32. The molecule has 1 heterocycles. The van der Waals surface area contributed by atoms with Gasteiger partial charge in [-0.2, -0.15) is 0 Å². The lowest BCUT2D eigenvalue weighted by Gasteiger charge is -2.19. The van der Waals surface area contributed by atoms with Crippen LogP contribution in [0, 0.1) is 0 Å². The van der Waals surface area contributed by atoms with Crippen LogP contribution in [-0.2, 0) is 0 Å². The van der Waals surface area contributed by atoms with E-state index in [1.165, 1.54) is 6.20 Å². The van der Waals surface area contributed by atoms with Crippen LogP contribution in [0.1, 0.15) is 23.8 Å². The predicted molar refractivity (Wildman–Crippen MR) is 66.2 cm³/mol. The Morgan fingerprint density at radius 1 is 1.50 bits per heavy atom. The summed E-state index contributed by atoms with van der Waals surface area (Å²) in [5.41, 5.74) is 0.417. The van der Waals surface area contributed by atoms with Crippen LogP contribution in [0.3, 0.4) is 0 Å². The molecule has 3 nitrogen and oxygen atoms in total. The van der Waals surface area contributed by atoms with Crippen LogP contribution in [0.5, 0.6) is 0 Å². The number of rotatable bonds is 5. The fraction of sp³-hybridized carbons (Fsp3) is 0.455. The first-order valence-corrected chi connectivity index (χ1v) is 6.07. The Hall–Kier alpha value is -0.800. The highest BCUT2D eigenvalue weighted by molar-refractivity contribution is 6.30. The van der Waals surface area contributed by atoms with Crippen molar-refractivity contribution in [2.75, 3.05) is 19.0 Å². The van der Waals surface area contributed by atoms with Crippen molar-refractivity contribution in [1.82, 2.24) is 9.88 Å². The first-order chi connectivity index (χ1) is 7.69. The van der Waals surface area contributed by atoms with Crippen molar-refractivity contribution in [1.29, 1.82) is 0 Å². The molecule has 5 heteroatoms. The molecule has 0 atom stereocenters. The van der Waals surface area contributed by atoms with Crippen molar-refractivity contribution in [2.24, 2.45) is 0 Å². The highest BCUT2D eigenvalue weighted by Crippen LogP contribution is 2.08. The van der Waals surface area contributed by atoms with Gasteiger partial charge in [-0.15, -0.1) is 11.6 Å². The number of alkyl halides is 1. The molecule has 1 amide bonds. The first-order valence-electron chi connectivity index (χ1n) is 5.15. The second-order valence-corrected chi connectivity index (χ2v) is 4.10. The third kappa shape index (κ3) is 3.65. The quantitative estimate of drug-likeness (QED) is 0.763. The molecular weight excluding hydrogens is 247 g/mol. The first kappa shape index (κ1) is 13.3. The van der Waals surface area contributed by atoms with Crippen LogP contribution in [0.4, 0.5) is 0 Å². The van der Waals surface area contributed by atoms with Crippen molar-refractivity contribution in [3.8, 4) is 0 Å². The van der Waals surface area contributed by atoms with Gasteiger partial charge in [0.05, 0.1) is 5.02 Å². The molecule has 0 aliphatic heterocycles. The second-order valence-electron chi connectivity index (χ2n) is 3.29. The highest BCUT2D eigenvalue weighted by Gasteiger charge is 2.14. The number of amides is 1. The maximum absolute atomic E-state index is 12.0. The Morgan fingerprint density at radius 3 is 2.75 bits per heavy atom. The number of carbonyl (C=O) groups is 1. The summed E-state index contributed by atoms with van der Waals surface area (Å²) < 4.78 is 0. The van der Waals surface area contributed by atoms with Gasteiger partial charge in [0.15, 0.2) is 0 Å². The lowest BCUT2D eigenvalue weighted by Crippen LogP contribution is -2.32. The van der Waals surface area contributed by atoms with Crippen LogP contribution < -0.4 is 0 Å². The average molecular weight is 261 g/mol. The predicted octanol–water partition coefficient (Wildman–Crippen LogP) is 2.83. The van der Waals surface area contributed by atoms with E-state index in [0.29, 0.717) is 29.7 Å². The van der Waals surface area contributed by atoms with Crippen molar-refractivity contribution in [2.45, 2.75) is 13.3 Å². The summed E-state index contributed by atoms with van der Waals surface area (Å²) in [4.78, 5) is 17.7. The molecule has 0 saturated carbocycles. The third-order valence-corrected chi connectivity index (χ3v) is 2.67. The number of nitrogens with zero attached hydrogens (tertiary/aromatic N) is 2. The molecule has 0 fully saturated rings. The molecule has 0 aliphatic carbocycles. The topological polar surface area (TPSA) is 33.2 Å². The van der Waals surface area contributed by atoms with Crippen molar-refractivity contribution < 1.29 is 4.79 Å². The molecule has 16 heavy (non-hydrogen) atoms. The Balaban J connectivity index is 2.70. The van der Waals surface area contributed by atoms with Gasteiger partial charge in [0.1, 0.15) is 5.69 Å². The van der Waals surface area contributed by atoms with Gasteiger partial charge in [0.25, 0.3) is 5.91 Å². The van der Waals surface area contributed by atoms with Crippen LogP contribution in [0.25, 0.3) is 0 Å². The summed E-state index contributed by atoms with van der Waals surface area (Å²) >= 11 is 11.3. The van der Waals surface area contributed by atoms with E-state index in [9.17, 15) is 4.79 Å². The van der Waals surface area contributed by atoms with E-state index < -0.39 is 0 Å². The molecule has 1 aromatic heterocycles. The molecule has 0 bridgehead atoms. The maximum atomic E-state index is 12.0. The Morgan fingerprint density at radius 2 is 2.25 bits per heavy atom. The lowest BCUT2D eigenvalue weighted by atomic mass is 10.3.